The number of amides is 2. The van der Waals surface area contributed by atoms with Gasteiger partial charge in [-0.25, -0.2) is 0 Å². The van der Waals surface area contributed by atoms with Crippen LogP contribution in [0.25, 0.3) is 0 Å². The van der Waals surface area contributed by atoms with Crippen LogP contribution >= 0.6 is 12.2 Å². The van der Waals surface area contributed by atoms with Crippen LogP contribution in [-0.4, -0.2) is 28.4 Å². The molecule has 2 amide bonds. The first-order valence-corrected chi connectivity index (χ1v) is 8.06. The number of carbonyl (C=O) groups is 2. The summed E-state index contributed by atoms with van der Waals surface area (Å²) in [6, 6.07) is 11.9. The molecule has 134 valence electrons. The Morgan fingerprint density at radius 3 is 2.38 bits per heavy atom. The maximum atomic E-state index is 12.1. The van der Waals surface area contributed by atoms with Gasteiger partial charge in [-0.05, 0) is 49.5 Å². The molecule has 0 saturated heterocycles. The van der Waals surface area contributed by atoms with Gasteiger partial charge in [0.15, 0.2) is 5.11 Å². The Kier molecular flexibility index (Phi) is 6.34. The number of thiocarbonyl (C=S) groups is 1. The fourth-order valence-electron chi connectivity index (χ4n) is 2.07. The molecular formula is C17H16N4O4S. The smallest absolute Gasteiger partial charge is 0.270 e. The average Bonchev–Trinajstić information content (AvgIpc) is 2.62. The third-order valence-corrected chi connectivity index (χ3v) is 3.49. The van der Waals surface area contributed by atoms with Crippen LogP contribution in [0.5, 0.6) is 0 Å². The van der Waals surface area contributed by atoms with Crippen molar-refractivity contribution in [3.05, 3.63) is 69.8 Å². The molecule has 2 aromatic carbocycles. The molecule has 0 spiro atoms. The number of anilines is 1. The summed E-state index contributed by atoms with van der Waals surface area (Å²) in [5, 5.41) is 18.7. The number of hydrogen-bond donors (Lipinski definition) is 3. The van der Waals surface area contributed by atoms with E-state index in [-0.39, 0.29) is 22.3 Å². The monoisotopic (exact) mass is 372 g/mol. The van der Waals surface area contributed by atoms with Crippen LogP contribution in [0.15, 0.2) is 48.5 Å². The average molecular weight is 372 g/mol. The molecule has 26 heavy (non-hydrogen) atoms. The lowest BCUT2D eigenvalue weighted by molar-refractivity contribution is -0.384. The van der Waals surface area contributed by atoms with E-state index in [4.69, 9.17) is 12.2 Å². The molecule has 0 atom stereocenters. The molecule has 0 aliphatic heterocycles. The molecule has 3 N–H and O–H groups in total. The van der Waals surface area contributed by atoms with E-state index in [0.29, 0.717) is 17.8 Å². The van der Waals surface area contributed by atoms with Crippen molar-refractivity contribution >= 4 is 40.5 Å². The summed E-state index contributed by atoms with van der Waals surface area (Å²) in [5.41, 5.74) is 1.03. The van der Waals surface area contributed by atoms with E-state index in [1.165, 1.54) is 24.3 Å². The number of nitro benzene ring substituents is 1. The van der Waals surface area contributed by atoms with E-state index in [1.807, 2.05) is 6.92 Å². The molecular weight excluding hydrogens is 356 g/mol. The number of nitrogens with zero attached hydrogens (tertiary/aromatic N) is 1. The van der Waals surface area contributed by atoms with Crippen LogP contribution in [0, 0.1) is 10.1 Å². The van der Waals surface area contributed by atoms with Gasteiger partial charge >= 0.3 is 0 Å². The summed E-state index contributed by atoms with van der Waals surface area (Å²) >= 11 is 5.07. The van der Waals surface area contributed by atoms with E-state index in [1.54, 1.807) is 24.3 Å². The molecule has 0 aromatic heterocycles. The van der Waals surface area contributed by atoms with Crippen LogP contribution in [0.4, 0.5) is 11.4 Å². The first-order chi connectivity index (χ1) is 12.4. The predicted molar refractivity (Wildman–Crippen MR) is 101 cm³/mol. The van der Waals surface area contributed by atoms with Gasteiger partial charge in [0.2, 0.25) is 0 Å². The van der Waals surface area contributed by atoms with Gasteiger partial charge in [0.05, 0.1) is 4.92 Å². The van der Waals surface area contributed by atoms with Gasteiger partial charge in [0.1, 0.15) is 0 Å². The van der Waals surface area contributed by atoms with Crippen molar-refractivity contribution in [1.82, 2.24) is 10.6 Å². The van der Waals surface area contributed by atoms with E-state index < -0.39 is 10.8 Å². The van der Waals surface area contributed by atoms with Crippen molar-refractivity contribution in [2.75, 3.05) is 11.9 Å². The summed E-state index contributed by atoms with van der Waals surface area (Å²) < 4.78 is 0. The fraction of sp³-hybridized carbons (Fsp3) is 0.118. The Labute approximate surface area is 154 Å². The van der Waals surface area contributed by atoms with Gasteiger partial charge in [0, 0.05) is 35.5 Å². The quantitative estimate of drug-likeness (QED) is 0.422. The molecule has 0 heterocycles. The van der Waals surface area contributed by atoms with Crippen molar-refractivity contribution in [1.29, 1.82) is 0 Å². The summed E-state index contributed by atoms with van der Waals surface area (Å²) in [7, 11) is 0. The van der Waals surface area contributed by atoms with Crippen molar-refractivity contribution < 1.29 is 14.5 Å². The van der Waals surface area contributed by atoms with E-state index in [0.717, 1.165) is 0 Å². The number of nitrogens with one attached hydrogen (secondary N) is 3. The molecule has 0 aliphatic rings. The maximum absolute atomic E-state index is 12.1. The highest BCUT2D eigenvalue weighted by molar-refractivity contribution is 7.80. The zero-order chi connectivity index (χ0) is 19.1. The lowest BCUT2D eigenvalue weighted by Gasteiger charge is -2.10. The van der Waals surface area contributed by atoms with Gasteiger partial charge in [0.25, 0.3) is 17.5 Å². The van der Waals surface area contributed by atoms with Crippen molar-refractivity contribution in [2.45, 2.75) is 6.92 Å². The number of carbonyl (C=O) groups excluding carboxylic acids is 2. The zero-order valence-electron chi connectivity index (χ0n) is 13.8. The molecule has 0 aliphatic carbocycles. The molecule has 0 radical (unpaired) electrons. The second-order valence-electron chi connectivity index (χ2n) is 5.15. The number of rotatable bonds is 5. The highest BCUT2D eigenvalue weighted by Gasteiger charge is 2.13. The molecule has 0 fully saturated rings. The Hall–Kier alpha value is -3.33. The molecule has 0 saturated carbocycles. The molecule has 9 heteroatoms. The van der Waals surface area contributed by atoms with Crippen LogP contribution in [0.2, 0.25) is 0 Å². The third kappa shape index (κ3) is 5.08. The summed E-state index contributed by atoms with van der Waals surface area (Å²) in [6.45, 7) is 2.36. The number of hydrogen-bond acceptors (Lipinski definition) is 5. The zero-order valence-corrected chi connectivity index (χ0v) is 14.6. The molecule has 0 bridgehead atoms. The first-order valence-electron chi connectivity index (χ1n) is 7.65. The highest BCUT2D eigenvalue weighted by Crippen LogP contribution is 2.13. The van der Waals surface area contributed by atoms with Gasteiger partial charge < -0.3 is 10.6 Å². The van der Waals surface area contributed by atoms with Crippen LogP contribution in [0.1, 0.15) is 27.6 Å². The second-order valence-corrected chi connectivity index (χ2v) is 5.56. The van der Waals surface area contributed by atoms with E-state index in [2.05, 4.69) is 16.0 Å². The lowest BCUT2D eigenvalue weighted by Crippen LogP contribution is -2.34. The van der Waals surface area contributed by atoms with Crippen molar-refractivity contribution in [3.8, 4) is 0 Å². The van der Waals surface area contributed by atoms with Crippen molar-refractivity contribution in [3.63, 3.8) is 0 Å². The Balaban J connectivity index is 1.98. The number of nitro groups is 1. The minimum Gasteiger partial charge on any atom is -0.352 e. The largest absolute Gasteiger partial charge is 0.352 e. The Morgan fingerprint density at radius 1 is 1.08 bits per heavy atom. The third-order valence-electron chi connectivity index (χ3n) is 3.29. The fourth-order valence-corrected chi connectivity index (χ4v) is 2.28. The van der Waals surface area contributed by atoms with Crippen molar-refractivity contribution in [2.24, 2.45) is 0 Å². The maximum Gasteiger partial charge on any atom is 0.270 e. The van der Waals surface area contributed by atoms with Gasteiger partial charge in [-0.3, -0.25) is 25.0 Å². The summed E-state index contributed by atoms with van der Waals surface area (Å²) in [6.07, 6.45) is 0. The number of benzene rings is 2. The molecule has 0 unspecified atom stereocenters. The normalized spacial score (nSPS) is 9.88. The SMILES string of the molecule is CCNC(=O)c1ccc(NC(=S)NC(=O)c2cccc([N+](=O)[O-])c2)cc1. The van der Waals surface area contributed by atoms with Crippen LogP contribution in [-0.2, 0) is 0 Å². The van der Waals surface area contributed by atoms with E-state index in [9.17, 15) is 19.7 Å². The van der Waals surface area contributed by atoms with Crippen LogP contribution < -0.4 is 16.0 Å². The highest BCUT2D eigenvalue weighted by atomic mass is 32.1. The number of non-ortho nitro benzene ring substituents is 1. The van der Waals surface area contributed by atoms with Gasteiger partial charge in [-0.15, -0.1) is 0 Å². The first kappa shape index (κ1) is 19.0. The predicted octanol–water partition coefficient (Wildman–Crippen LogP) is 2.47. The second kappa shape index (κ2) is 8.67. The molecule has 2 rings (SSSR count). The topological polar surface area (TPSA) is 113 Å². The lowest BCUT2D eigenvalue weighted by atomic mass is 10.2. The summed E-state index contributed by atoms with van der Waals surface area (Å²) in [4.78, 5) is 34.0. The van der Waals surface area contributed by atoms with Crippen LogP contribution in [0.3, 0.4) is 0 Å². The molecule has 2 aromatic rings. The Morgan fingerprint density at radius 2 is 1.77 bits per heavy atom. The minimum atomic E-state index is -0.580. The standard InChI is InChI=1S/C17H16N4O4S/c1-2-18-15(22)11-6-8-13(9-7-11)19-17(26)20-16(23)12-4-3-5-14(10-12)21(24)25/h3-10H,2H2,1H3,(H,18,22)(H2,19,20,23,26). The molecule has 8 nitrogen and oxygen atoms in total. The minimum absolute atomic E-state index is 0.0345. The Bertz CT molecular complexity index is 852. The van der Waals surface area contributed by atoms with Gasteiger partial charge in [-0.2, -0.15) is 0 Å². The summed E-state index contributed by atoms with van der Waals surface area (Å²) in [5.74, 6) is -0.745. The van der Waals surface area contributed by atoms with E-state index >= 15 is 0 Å². The van der Waals surface area contributed by atoms with Gasteiger partial charge in [-0.1, -0.05) is 6.07 Å².